The Hall–Kier alpha value is -2.41. The monoisotopic (exact) mass is 644 g/mol. The molecule has 12 nitrogen and oxygen atoms in total. The Morgan fingerprint density at radius 2 is 1.55 bits per heavy atom. The molecule has 2 aliphatic rings. The van der Waals surface area contributed by atoms with Crippen molar-refractivity contribution in [3.05, 3.63) is 0 Å². The van der Waals surface area contributed by atoms with Crippen LogP contribution in [0.1, 0.15) is 106 Å². The van der Waals surface area contributed by atoms with Gasteiger partial charge in [0.25, 0.3) is 0 Å². The fourth-order valence-electron chi connectivity index (χ4n) is 5.48. The van der Waals surface area contributed by atoms with E-state index in [1.54, 1.807) is 30.6 Å². The molecule has 2 saturated heterocycles. The van der Waals surface area contributed by atoms with Gasteiger partial charge in [0, 0.05) is 32.6 Å². The molecule has 0 bridgehead atoms. The molecule has 0 saturated carbocycles. The van der Waals surface area contributed by atoms with Gasteiger partial charge in [-0.15, -0.1) is 0 Å². The number of rotatable bonds is 12. The van der Waals surface area contributed by atoms with Crippen molar-refractivity contribution in [2.75, 3.05) is 31.9 Å². The maximum Gasteiger partial charge on any atom is 0.410 e. The van der Waals surface area contributed by atoms with E-state index in [1.807, 2.05) is 27.7 Å². The first kappa shape index (κ1) is 37.8. The van der Waals surface area contributed by atoms with E-state index in [0.29, 0.717) is 64.1 Å². The van der Waals surface area contributed by atoms with Crippen LogP contribution in [0.5, 0.6) is 0 Å². The number of likely N-dealkylation sites (tertiary alicyclic amines) is 2. The number of carbonyl (C=O) groups is 4. The van der Waals surface area contributed by atoms with E-state index in [4.69, 9.17) is 15.2 Å². The summed E-state index contributed by atoms with van der Waals surface area (Å²) in [6.07, 6.45) is 4.23. The minimum Gasteiger partial charge on any atom is -0.460 e. The molecule has 0 aromatic heterocycles. The second-order valence-electron chi connectivity index (χ2n) is 14.2. The number of unbranched alkanes of at least 4 members (excludes halogenated alkanes) is 1. The average Bonchev–Trinajstić information content (AvgIpc) is 2.92. The molecule has 0 aromatic rings. The fourth-order valence-corrected chi connectivity index (χ4v) is 7.11. The summed E-state index contributed by atoms with van der Waals surface area (Å²) in [7, 11) is -3.78. The van der Waals surface area contributed by atoms with Crippen LogP contribution in [0.4, 0.5) is 4.79 Å². The molecule has 0 spiro atoms. The number of amides is 3. The molecule has 0 aliphatic carbocycles. The highest BCUT2D eigenvalue weighted by Gasteiger charge is 2.37. The smallest absolute Gasteiger partial charge is 0.410 e. The van der Waals surface area contributed by atoms with Crippen molar-refractivity contribution in [3.63, 3.8) is 0 Å². The number of hydrogen-bond acceptors (Lipinski definition) is 9. The standard InChI is InChI=1S/C31H56N4O8S/c1-8-9-19-44(40,41)27(32)24(20-26(37)42-30(2,3)4)33-28(38)23-11-10-16-35(21-23)25(36)13-12-22-14-17-34(18-15-22)29(39)43-31(5,6)7/h22-24,27H,8-21,32H2,1-7H3,(H,33,38)/t23-,24?,27+/m1/s1. The first-order valence-corrected chi connectivity index (χ1v) is 17.8. The van der Waals surface area contributed by atoms with Crippen molar-refractivity contribution >= 4 is 33.7 Å². The summed E-state index contributed by atoms with van der Waals surface area (Å²) >= 11 is 0. The molecule has 2 rings (SSSR count). The molecule has 3 atom stereocenters. The summed E-state index contributed by atoms with van der Waals surface area (Å²) in [6, 6.07) is -1.16. The molecular weight excluding hydrogens is 588 g/mol. The third kappa shape index (κ3) is 12.9. The second-order valence-corrected chi connectivity index (χ2v) is 16.5. The molecular formula is C31H56N4O8S. The molecule has 13 heteroatoms. The molecule has 44 heavy (non-hydrogen) atoms. The first-order chi connectivity index (χ1) is 20.3. The Morgan fingerprint density at radius 1 is 0.932 bits per heavy atom. The van der Waals surface area contributed by atoms with Crippen molar-refractivity contribution in [1.29, 1.82) is 0 Å². The fraction of sp³-hybridized carbons (Fsp3) is 0.871. The van der Waals surface area contributed by atoms with Crippen LogP contribution < -0.4 is 11.1 Å². The second kappa shape index (κ2) is 16.2. The summed E-state index contributed by atoms with van der Waals surface area (Å²) in [4.78, 5) is 54.9. The topological polar surface area (TPSA) is 165 Å². The van der Waals surface area contributed by atoms with Gasteiger partial charge in [-0.3, -0.25) is 14.4 Å². The van der Waals surface area contributed by atoms with Crippen molar-refractivity contribution in [1.82, 2.24) is 15.1 Å². The number of carbonyl (C=O) groups excluding carboxylic acids is 4. The molecule has 0 aromatic carbocycles. The number of hydrogen-bond donors (Lipinski definition) is 2. The summed E-state index contributed by atoms with van der Waals surface area (Å²) in [5, 5.41) is 1.27. The van der Waals surface area contributed by atoms with Crippen LogP contribution in [0.2, 0.25) is 0 Å². The highest BCUT2D eigenvalue weighted by molar-refractivity contribution is 7.92. The Balaban J connectivity index is 1.95. The summed E-state index contributed by atoms with van der Waals surface area (Å²) in [6.45, 7) is 14.5. The van der Waals surface area contributed by atoms with Gasteiger partial charge in [0.05, 0.1) is 24.1 Å². The van der Waals surface area contributed by atoms with Crippen LogP contribution in [0, 0.1) is 11.8 Å². The summed E-state index contributed by atoms with van der Waals surface area (Å²) in [5.41, 5.74) is 4.84. The lowest BCUT2D eigenvalue weighted by atomic mass is 9.91. The van der Waals surface area contributed by atoms with Gasteiger partial charge in [0.1, 0.15) is 16.6 Å². The number of nitrogens with zero attached hydrogens (tertiary/aromatic N) is 2. The predicted molar refractivity (Wildman–Crippen MR) is 168 cm³/mol. The van der Waals surface area contributed by atoms with Crippen molar-refractivity contribution < 1.29 is 37.1 Å². The normalized spacial score (nSPS) is 20.0. The van der Waals surface area contributed by atoms with E-state index in [0.717, 1.165) is 12.8 Å². The van der Waals surface area contributed by atoms with Crippen LogP contribution in [0.25, 0.3) is 0 Å². The Kier molecular flexibility index (Phi) is 13.9. The van der Waals surface area contributed by atoms with Crippen LogP contribution in [0.3, 0.4) is 0 Å². The van der Waals surface area contributed by atoms with Gasteiger partial charge in [-0.05, 0) is 86.0 Å². The third-order valence-electron chi connectivity index (χ3n) is 7.91. The van der Waals surface area contributed by atoms with Gasteiger partial charge >= 0.3 is 12.1 Å². The molecule has 254 valence electrons. The molecule has 2 aliphatic heterocycles. The van der Waals surface area contributed by atoms with Gasteiger partial charge < -0.3 is 30.3 Å². The number of nitrogens with two attached hydrogens (primary N) is 1. The zero-order valence-electron chi connectivity index (χ0n) is 27.9. The van der Waals surface area contributed by atoms with E-state index < -0.39 is 50.2 Å². The van der Waals surface area contributed by atoms with E-state index in [9.17, 15) is 27.6 Å². The number of sulfone groups is 1. The zero-order chi connectivity index (χ0) is 33.3. The summed E-state index contributed by atoms with van der Waals surface area (Å²) < 4.78 is 36.6. The minimum atomic E-state index is -3.78. The van der Waals surface area contributed by atoms with Gasteiger partial charge in [0.15, 0.2) is 9.84 Å². The molecule has 2 fully saturated rings. The maximum absolute atomic E-state index is 13.4. The van der Waals surface area contributed by atoms with Gasteiger partial charge in [0.2, 0.25) is 11.8 Å². The highest BCUT2D eigenvalue weighted by Crippen LogP contribution is 2.25. The molecule has 2 heterocycles. The largest absolute Gasteiger partial charge is 0.460 e. The SMILES string of the molecule is CCCCS(=O)(=O)[C@H](N)C(CC(=O)OC(C)(C)C)NC(=O)[C@@H]1CCCN(C(=O)CCC2CCN(C(=O)OC(C)(C)C)CC2)C1. The van der Waals surface area contributed by atoms with E-state index >= 15 is 0 Å². The third-order valence-corrected chi connectivity index (χ3v) is 9.92. The van der Waals surface area contributed by atoms with Gasteiger partial charge in [-0.25, -0.2) is 13.2 Å². The Bertz CT molecular complexity index is 1090. The lowest BCUT2D eigenvalue weighted by Crippen LogP contribution is -2.56. The quantitative estimate of drug-likeness (QED) is 0.303. The number of piperidine rings is 2. The van der Waals surface area contributed by atoms with Crippen molar-refractivity contribution in [2.24, 2.45) is 17.6 Å². The molecule has 0 radical (unpaired) electrons. The van der Waals surface area contributed by atoms with Crippen molar-refractivity contribution in [3.8, 4) is 0 Å². The number of nitrogens with one attached hydrogen (secondary N) is 1. The first-order valence-electron chi connectivity index (χ1n) is 16.1. The number of esters is 1. The van der Waals surface area contributed by atoms with E-state index in [2.05, 4.69) is 5.32 Å². The van der Waals surface area contributed by atoms with E-state index in [-0.39, 0.29) is 30.7 Å². The lowest BCUT2D eigenvalue weighted by Gasteiger charge is -2.35. The van der Waals surface area contributed by atoms with Crippen LogP contribution in [-0.4, -0.2) is 96.6 Å². The number of ether oxygens (including phenoxy) is 2. The lowest BCUT2D eigenvalue weighted by molar-refractivity contribution is -0.155. The molecule has 3 N–H and O–H groups in total. The van der Waals surface area contributed by atoms with Gasteiger partial charge in [-0.1, -0.05) is 13.3 Å². The van der Waals surface area contributed by atoms with Gasteiger partial charge in [-0.2, -0.15) is 0 Å². The highest BCUT2D eigenvalue weighted by atomic mass is 32.2. The maximum atomic E-state index is 13.4. The Morgan fingerprint density at radius 3 is 2.11 bits per heavy atom. The van der Waals surface area contributed by atoms with E-state index in [1.165, 1.54) is 0 Å². The minimum absolute atomic E-state index is 0.0266. The predicted octanol–water partition coefficient (Wildman–Crippen LogP) is 3.37. The van der Waals surface area contributed by atoms with Crippen LogP contribution in [-0.2, 0) is 33.7 Å². The zero-order valence-corrected chi connectivity index (χ0v) is 28.7. The average molecular weight is 645 g/mol. The molecule has 1 unspecified atom stereocenters. The van der Waals surface area contributed by atoms with Crippen LogP contribution in [0.15, 0.2) is 0 Å². The van der Waals surface area contributed by atoms with Crippen molar-refractivity contribution in [2.45, 2.75) is 129 Å². The summed E-state index contributed by atoms with van der Waals surface area (Å²) in [5.74, 6) is -1.46. The Labute approximate surface area is 264 Å². The molecule has 3 amide bonds. The van der Waals surface area contributed by atoms with Crippen LogP contribution >= 0.6 is 0 Å².